The van der Waals surface area contributed by atoms with Crippen molar-refractivity contribution in [3.63, 3.8) is 0 Å². The summed E-state index contributed by atoms with van der Waals surface area (Å²) in [6, 6.07) is 9.43. The van der Waals surface area contributed by atoms with Crippen LogP contribution < -0.4 is 15.0 Å². The minimum atomic E-state index is -1.02. The van der Waals surface area contributed by atoms with E-state index in [0.717, 1.165) is 0 Å². The lowest BCUT2D eigenvalue weighted by Crippen LogP contribution is -2.23. The zero-order chi connectivity index (χ0) is 17.6. The van der Waals surface area contributed by atoms with Crippen LogP contribution in [0.2, 0.25) is 0 Å². The van der Waals surface area contributed by atoms with E-state index in [1.165, 1.54) is 16.7 Å². The summed E-state index contributed by atoms with van der Waals surface area (Å²) in [5, 5.41) is 9.42. The van der Waals surface area contributed by atoms with Gasteiger partial charge in [-0.2, -0.15) is 0 Å². The first kappa shape index (κ1) is 15.2. The summed E-state index contributed by atoms with van der Waals surface area (Å²) < 4.78 is 12.5. The molecule has 0 fully saturated rings. The van der Waals surface area contributed by atoms with Crippen molar-refractivity contribution in [1.29, 1.82) is 0 Å². The number of carboxylic acids is 1. The number of rotatable bonds is 2. The van der Waals surface area contributed by atoms with Crippen LogP contribution in [-0.2, 0) is 0 Å². The van der Waals surface area contributed by atoms with E-state index in [0.29, 0.717) is 47.1 Å². The molecule has 3 aromatic rings. The van der Waals surface area contributed by atoms with Crippen LogP contribution in [0.4, 0.5) is 0 Å². The van der Waals surface area contributed by atoms with Gasteiger partial charge < -0.3 is 14.6 Å². The van der Waals surface area contributed by atoms with E-state index in [9.17, 15) is 9.59 Å². The Balaban J connectivity index is 1.92. The van der Waals surface area contributed by atoms with Gasteiger partial charge in [0.15, 0.2) is 11.5 Å². The van der Waals surface area contributed by atoms with Gasteiger partial charge in [-0.05, 0) is 37.3 Å². The van der Waals surface area contributed by atoms with Crippen molar-refractivity contribution in [2.45, 2.75) is 6.92 Å². The number of carboxylic acid groups (broad SMARTS) is 1. The van der Waals surface area contributed by atoms with Gasteiger partial charge >= 0.3 is 5.97 Å². The number of benzene rings is 2. The summed E-state index contributed by atoms with van der Waals surface area (Å²) in [5.74, 6) is 0.580. The van der Waals surface area contributed by atoms with Gasteiger partial charge in [0, 0.05) is 6.07 Å². The molecule has 0 spiro atoms. The van der Waals surface area contributed by atoms with Gasteiger partial charge in [-0.1, -0.05) is 0 Å². The first-order valence-electron chi connectivity index (χ1n) is 7.71. The van der Waals surface area contributed by atoms with Crippen LogP contribution in [-0.4, -0.2) is 33.8 Å². The summed E-state index contributed by atoms with van der Waals surface area (Å²) in [6.07, 6.45) is 0. The first-order valence-corrected chi connectivity index (χ1v) is 7.71. The Labute approximate surface area is 142 Å². The largest absolute Gasteiger partial charge is 0.486 e. The van der Waals surface area contributed by atoms with Crippen molar-refractivity contribution in [3.05, 3.63) is 58.1 Å². The number of hydrogen-bond acceptors (Lipinski definition) is 5. The van der Waals surface area contributed by atoms with Crippen LogP contribution in [0.3, 0.4) is 0 Å². The van der Waals surface area contributed by atoms with Gasteiger partial charge in [-0.3, -0.25) is 9.36 Å². The smallest absolute Gasteiger partial charge is 0.335 e. The Kier molecular flexibility index (Phi) is 3.42. The number of aryl methyl sites for hydroxylation is 1. The molecule has 2 heterocycles. The van der Waals surface area contributed by atoms with Crippen LogP contribution in [0, 0.1) is 6.92 Å². The average molecular weight is 338 g/mol. The third-order valence-electron chi connectivity index (χ3n) is 4.07. The van der Waals surface area contributed by atoms with Crippen LogP contribution in [0.15, 0.2) is 41.2 Å². The van der Waals surface area contributed by atoms with Gasteiger partial charge in [-0.15, -0.1) is 0 Å². The van der Waals surface area contributed by atoms with Crippen LogP contribution in [0.5, 0.6) is 11.5 Å². The van der Waals surface area contributed by atoms with Crippen molar-refractivity contribution < 1.29 is 19.4 Å². The maximum atomic E-state index is 13.0. The fourth-order valence-electron chi connectivity index (χ4n) is 2.89. The highest BCUT2D eigenvalue weighted by Gasteiger charge is 2.17. The van der Waals surface area contributed by atoms with Crippen molar-refractivity contribution in [3.8, 4) is 17.2 Å². The lowest BCUT2D eigenvalue weighted by molar-refractivity contribution is 0.0697. The minimum absolute atomic E-state index is 0.155. The molecule has 1 aliphatic rings. The summed E-state index contributed by atoms with van der Waals surface area (Å²) >= 11 is 0. The minimum Gasteiger partial charge on any atom is -0.486 e. The molecule has 25 heavy (non-hydrogen) atoms. The summed E-state index contributed by atoms with van der Waals surface area (Å²) in [4.78, 5) is 28.4. The molecule has 1 N–H and O–H groups in total. The highest BCUT2D eigenvalue weighted by Crippen LogP contribution is 2.33. The maximum absolute atomic E-state index is 13.0. The predicted molar refractivity (Wildman–Crippen MR) is 90.0 cm³/mol. The zero-order valence-corrected chi connectivity index (χ0v) is 13.4. The van der Waals surface area contributed by atoms with Gasteiger partial charge in [-0.25, -0.2) is 9.78 Å². The van der Waals surface area contributed by atoms with Crippen molar-refractivity contribution in [2.75, 3.05) is 13.2 Å². The normalized spacial score (nSPS) is 13.0. The Bertz CT molecular complexity index is 1050. The molecule has 7 nitrogen and oxygen atoms in total. The molecule has 0 unspecified atom stereocenters. The number of hydrogen-bond donors (Lipinski definition) is 1. The third-order valence-corrected chi connectivity index (χ3v) is 4.07. The number of fused-ring (bicyclic) bond motifs is 2. The number of aromatic carboxylic acids is 1. The molecule has 0 saturated carbocycles. The van der Waals surface area contributed by atoms with E-state index in [1.54, 1.807) is 31.2 Å². The van der Waals surface area contributed by atoms with Crippen LogP contribution in [0.1, 0.15) is 16.2 Å². The quantitative estimate of drug-likeness (QED) is 0.770. The van der Waals surface area contributed by atoms with Crippen molar-refractivity contribution >= 4 is 16.9 Å². The standard InChI is InChI=1S/C18H14N2O5/c1-10-19-14-9-16-15(24-6-7-25-16)8-13(14)17(21)20(10)12-4-2-11(3-5-12)18(22)23/h2-5,8-9H,6-7H2,1H3,(H,22,23). The van der Waals surface area contributed by atoms with E-state index in [1.807, 2.05) is 0 Å². The van der Waals surface area contributed by atoms with E-state index < -0.39 is 5.97 Å². The fourth-order valence-corrected chi connectivity index (χ4v) is 2.89. The van der Waals surface area contributed by atoms with Crippen molar-refractivity contribution in [2.24, 2.45) is 0 Å². The molecule has 4 rings (SSSR count). The monoisotopic (exact) mass is 338 g/mol. The topological polar surface area (TPSA) is 90.7 Å². The molecule has 1 aromatic heterocycles. The third kappa shape index (κ3) is 2.50. The summed E-state index contributed by atoms with van der Waals surface area (Å²) in [7, 11) is 0. The molecule has 0 amide bonds. The second kappa shape index (κ2) is 5.62. The second-order valence-electron chi connectivity index (χ2n) is 5.66. The molecule has 0 aliphatic carbocycles. The molecule has 2 aromatic carbocycles. The highest BCUT2D eigenvalue weighted by atomic mass is 16.6. The van der Waals surface area contributed by atoms with Gasteiger partial charge in [0.1, 0.15) is 19.0 Å². The molecule has 0 atom stereocenters. The summed E-state index contributed by atoms with van der Waals surface area (Å²) in [6.45, 7) is 2.62. The van der Waals surface area contributed by atoms with Gasteiger partial charge in [0.25, 0.3) is 5.56 Å². The van der Waals surface area contributed by atoms with Crippen LogP contribution >= 0.6 is 0 Å². The fraction of sp³-hybridized carbons (Fsp3) is 0.167. The highest BCUT2D eigenvalue weighted by molar-refractivity contribution is 5.88. The molecular weight excluding hydrogens is 324 g/mol. The van der Waals surface area contributed by atoms with Gasteiger partial charge in [0.05, 0.1) is 22.2 Å². The molecule has 126 valence electrons. The number of carbonyl (C=O) groups is 1. The van der Waals surface area contributed by atoms with E-state index in [2.05, 4.69) is 4.98 Å². The zero-order valence-electron chi connectivity index (χ0n) is 13.4. The van der Waals surface area contributed by atoms with E-state index >= 15 is 0 Å². The first-order chi connectivity index (χ1) is 12.0. The Morgan fingerprint density at radius 1 is 1.12 bits per heavy atom. The predicted octanol–water partition coefficient (Wildman–Crippen LogP) is 2.16. The lowest BCUT2D eigenvalue weighted by Gasteiger charge is -2.19. The maximum Gasteiger partial charge on any atom is 0.335 e. The summed E-state index contributed by atoms with van der Waals surface area (Å²) in [5.41, 5.74) is 0.993. The second-order valence-corrected chi connectivity index (χ2v) is 5.66. The lowest BCUT2D eigenvalue weighted by atomic mass is 10.2. The molecule has 0 radical (unpaired) electrons. The molecular formula is C18H14N2O5. The Morgan fingerprint density at radius 3 is 2.40 bits per heavy atom. The Morgan fingerprint density at radius 2 is 1.76 bits per heavy atom. The molecule has 0 saturated heterocycles. The SMILES string of the molecule is Cc1nc2cc3c(cc2c(=O)n1-c1ccc(C(=O)O)cc1)OCCO3. The van der Waals surface area contributed by atoms with Crippen LogP contribution in [0.25, 0.3) is 16.6 Å². The molecule has 0 bridgehead atoms. The van der Waals surface area contributed by atoms with E-state index in [4.69, 9.17) is 14.6 Å². The molecule has 7 heteroatoms. The average Bonchev–Trinajstić information content (AvgIpc) is 2.61. The number of nitrogens with zero attached hydrogens (tertiary/aromatic N) is 2. The van der Waals surface area contributed by atoms with Crippen molar-refractivity contribution in [1.82, 2.24) is 9.55 Å². The molecule has 1 aliphatic heterocycles. The number of ether oxygens (including phenoxy) is 2. The number of aromatic nitrogens is 2. The Hall–Kier alpha value is -3.35. The van der Waals surface area contributed by atoms with E-state index in [-0.39, 0.29) is 11.1 Å². The van der Waals surface area contributed by atoms with Gasteiger partial charge in [0.2, 0.25) is 0 Å².